The smallest absolute Gasteiger partial charge is 0.157 e. The van der Waals surface area contributed by atoms with Crippen molar-refractivity contribution in [2.45, 2.75) is 0 Å². The van der Waals surface area contributed by atoms with Crippen LogP contribution < -0.4 is 0 Å². The molecule has 0 heterocycles. The van der Waals surface area contributed by atoms with Crippen LogP contribution in [0.3, 0.4) is 0 Å². The van der Waals surface area contributed by atoms with Gasteiger partial charge in [0.25, 0.3) is 0 Å². The monoisotopic (exact) mass is 152 g/mol. The van der Waals surface area contributed by atoms with Crippen molar-refractivity contribution in [2.75, 3.05) is 0 Å². The van der Waals surface area contributed by atoms with Crippen LogP contribution in [0.15, 0.2) is 0 Å². The van der Waals surface area contributed by atoms with Crippen molar-refractivity contribution in [3.63, 3.8) is 0 Å². The first kappa shape index (κ1) is 8.87. The molecule has 0 aromatic carbocycles. The van der Waals surface area contributed by atoms with Crippen LogP contribution in [0.25, 0.3) is 0 Å². The molecule has 0 atom stereocenters. The van der Waals surface area contributed by atoms with Crippen molar-refractivity contribution in [3.05, 3.63) is 0 Å². The fourth-order valence-corrected chi connectivity index (χ4v) is 0. The fraction of sp³-hybridized carbons (Fsp3) is 0. The van der Waals surface area contributed by atoms with Crippen LogP contribution in [0, 0.1) is 0 Å². The van der Waals surface area contributed by atoms with E-state index < -0.39 is 0 Å². The molecule has 4 heavy (non-hydrogen) atoms. The van der Waals surface area contributed by atoms with Gasteiger partial charge in [-0.3, -0.25) is 0 Å². The van der Waals surface area contributed by atoms with Crippen molar-refractivity contribution >= 4 is 38.6 Å². The first-order valence-corrected chi connectivity index (χ1v) is 1.73. The quantitative estimate of drug-likeness (QED) is 0.339. The maximum atomic E-state index is 4.31. The van der Waals surface area contributed by atoms with Crippen molar-refractivity contribution in [1.82, 2.24) is 0 Å². The zero-order chi connectivity index (χ0) is 2.71. The molecular weight excluding hydrogens is 145 g/mol. The predicted molar refractivity (Wildman–Crippen MR) is 26.7 cm³/mol. The second-order valence-corrected chi connectivity index (χ2v) is 1.84. The molecule has 0 aromatic rings. The summed E-state index contributed by atoms with van der Waals surface area (Å²) in [6, 6.07) is 0. The maximum absolute atomic E-state index is 4.31. The van der Waals surface area contributed by atoms with Crippen LogP contribution in [-0.2, 0) is 4.12 Å². The number of hydrogen-bond donors (Lipinski definition) is 0. The van der Waals surface area contributed by atoms with Crippen molar-refractivity contribution in [1.29, 1.82) is 0 Å². The Balaban J connectivity index is 0. The Kier molecular flexibility index (Phi) is 20.1. The molecule has 4 radical (unpaired) electrons. The van der Waals surface area contributed by atoms with E-state index >= 15 is 0 Å². The van der Waals surface area contributed by atoms with Crippen LogP contribution in [0.4, 0.5) is 0 Å². The third-order valence-corrected chi connectivity index (χ3v) is 0. The average Bonchev–Trinajstić information content (AvgIpc) is 0.918. The van der Waals surface area contributed by atoms with Gasteiger partial charge in [0, 0.05) is 0 Å². The SMILES string of the molecule is [GeH2].[SiH2]O[SiH2]. The van der Waals surface area contributed by atoms with Crippen molar-refractivity contribution < 1.29 is 4.12 Å². The molecule has 0 aliphatic heterocycles. The van der Waals surface area contributed by atoms with Crippen LogP contribution in [-0.4, -0.2) is 38.6 Å². The van der Waals surface area contributed by atoms with E-state index in [4.69, 9.17) is 0 Å². The Morgan fingerprint density at radius 1 is 1.25 bits per heavy atom. The Bertz CT molecular complexity index is 6.00. The predicted octanol–water partition coefficient (Wildman–Crippen LogP) is -2.82. The van der Waals surface area contributed by atoms with Gasteiger partial charge in [-0.25, -0.2) is 0 Å². The van der Waals surface area contributed by atoms with Crippen molar-refractivity contribution in [2.24, 2.45) is 0 Å². The minimum Gasteiger partial charge on any atom is -0.466 e. The van der Waals surface area contributed by atoms with Gasteiger partial charge in [0.1, 0.15) is 0 Å². The molecule has 0 spiro atoms. The number of rotatable bonds is 0. The Morgan fingerprint density at radius 2 is 1.25 bits per heavy atom. The molecule has 0 aliphatic rings. The fourth-order valence-electron chi connectivity index (χ4n) is 0. The Morgan fingerprint density at radius 3 is 1.25 bits per heavy atom. The van der Waals surface area contributed by atoms with Crippen LogP contribution in [0.1, 0.15) is 0 Å². The first-order valence-electron chi connectivity index (χ1n) is 0.577. The summed E-state index contributed by atoms with van der Waals surface area (Å²) in [5.74, 6) is 0. The summed E-state index contributed by atoms with van der Waals surface area (Å²) in [5, 5.41) is 0. The molecule has 24 valence electrons. The van der Waals surface area contributed by atoms with Crippen molar-refractivity contribution in [3.8, 4) is 0 Å². The van der Waals surface area contributed by atoms with Gasteiger partial charge < -0.3 is 4.12 Å². The summed E-state index contributed by atoms with van der Waals surface area (Å²) in [5.41, 5.74) is 0. The summed E-state index contributed by atoms with van der Waals surface area (Å²) in [7, 11) is 2.97. The van der Waals surface area contributed by atoms with Crippen LogP contribution in [0.2, 0.25) is 0 Å². The molecule has 1 nitrogen and oxygen atoms in total. The molecule has 0 rings (SSSR count). The molecule has 0 bridgehead atoms. The summed E-state index contributed by atoms with van der Waals surface area (Å²) < 4.78 is 4.31. The van der Waals surface area contributed by atoms with Gasteiger partial charge in [-0.15, -0.1) is 0 Å². The van der Waals surface area contributed by atoms with Gasteiger partial charge >= 0.3 is 17.6 Å². The van der Waals surface area contributed by atoms with E-state index in [1.54, 1.807) is 0 Å². The van der Waals surface area contributed by atoms with E-state index in [2.05, 4.69) is 4.12 Å². The summed E-state index contributed by atoms with van der Waals surface area (Å²) in [6.07, 6.45) is 0. The third-order valence-electron chi connectivity index (χ3n) is 0. The second-order valence-electron chi connectivity index (χ2n) is 0.204. The molecule has 0 unspecified atom stereocenters. The van der Waals surface area contributed by atoms with E-state index in [0.717, 1.165) is 0 Å². The Labute approximate surface area is 43.2 Å². The average molecular weight is 151 g/mol. The minimum absolute atomic E-state index is 0. The summed E-state index contributed by atoms with van der Waals surface area (Å²) >= 11 is 0. The first-order chi connectivity index (χ1) is 1.41. The normalized spacial score (nSPS) is 4.50. The summed E-state index contributed by atoms with van der Waals surface area (Å²) in [6.45, 7) is 0. The van der Waals surface area contributed by atoms with Crippen LogP contribution >= 0.6 is 0 Å². The molecule has 0 saturated heterocycles. The molecule has 0 N–H and O–H groups in total. The maximum Gasteiger partial charge on any atom is 0.157 e. The third kappa shape index (κ3) is 12.6. The van der Waals surface area contributed by atoms with E-state index in [1.807, 2.05) is 0 Å². The topological polar surface area (TPSA) is 9.23 Å². The second kappa shape index (κ2) is 9.05. The van der Waals surface area contributed by atoms with Crippen LogP contribution in [0.5, 0.6) is 0 Å². The van der Waals surface area contributed by atoms with E-state index in [9.17, 15) is 0 Å². The van der Waals surface area contributed by atoms with Gasteiger partial charge in [-0.1, -0.05) is 0 Å². The largest absolute Gasteiger partial charge is 0.466 e. The Hall–Kier alpha value is 0.937. The van der Waals surface area contributed by atoms with Gasteiger partial charge in [-0.05, 0) is 0 Å². The molecule has 4 heteroatoms. The molecule has 0 saturated carbocycles. The zero-order valence-corrected chi connectivity index (χ0v) is 8.33. The zero-order valence-electron chi connectivity index (χ0n) is 2.53. The van der Waals surface area contributed by atoms with Gasteiger partial charge in [0.05, 0.1) is 0 Å². The minimum atomic E-state index is 0. The van der Waals surface area contributed by atoms with E-state index in [0.29, 0.717) is 0 Å². The molecular formula is H6GeOSi2. The molecule has 0 amide bonds. The van der Waals surface area contributed by atoms with Gasteiger partial charge in [0.15, 0.2) is 21.0 Å². The van der Waals surface area contributed by atoms with Gasteiger partial charge in [-0.2, -0.15) is 0 Å². The van der Waals surface area contributed by atoms with Gasteiger partial charge in [0.2, 0.25) is 0 Å². The summed E-state index contributed by atoms with van der Waals surface area (Å²) in [4.78, 5) is 0. The number of hydrogen-bond acceptors (Lipinski definition) is 1. The molecule has 0 aromatic heterocycles. The molecule has 0 aliphatic carbocycles. The van der Waals surface area contributed by atoms with E-state index in [-0.39, 0.29) is 17.6 Å². The molecule has 0 fully saturated rings. The standard InChI is InChI=1S/GeH2.H4OSi2/c;2-1-3/h1H2;2-3H2. The van der Waals surface area contributed by atoms with E-state index in [1.165, 1.54) is 21.0 Å².